The van der Waals surface area contributed by atoms with Crippen LogP contribution in [-0.4, -0.2) is 165 Å². The molecule has 6 heterocycles. The van der Waals surface area contributed by atoms with E-state index in [0.717, 1.165) is 58.4 Å². The van der Waals surface area contributed by atoms with Gasteiger partial charge in [0.25, 0.3) is 11.8 Å². The predicted octanol–water partition coefficient (Wildman–Crippen LogP) is 8.13. The molecule has 2 fully saturated rings. The van der Waals surface area contributed by atoms with Gasteiger partial charge < -0.3 is 48.1 Å². The number of aryl methyl sites for hydroxylation is 2. The Hall–Kier alpha value is -7.42. The zero-order chi connectivity index (χ0) is 61.6. The van der Waals surface area contributed by atoms with E-state index in [2.05, 4.69) is 17.9 Å². The number of anilines is 2. The first-order valence-corrected chi connectivity index (χ1v) is 31.4. The van der Waals surface area contributed by atoms with Crippen molar-refractivity contribution in [2.45, 2.75) is 112 Å². The molecule has 0 aromatic heterocycles. The van der Waals surface area contributed by atoms with Gasteiger partial charge in [-0.25, -0.2) is 40.9 Å². The Morgan fingerprint density at radius 3 is 1.67 bits per heavy atom. The minimum absolute atomic E-state index is 0.0305. The van der Waals surface area contributed by atoms with Gasteiger partial charge in [-0.1, -0.05) is 61.7 Å². The number of hydrogen-bond acceptors (Lipinski definition) is 16. The van der Waals surface area contributed by atoms with Gasteiger partial charge in [-0.3, -0.25) is 9.59 Å². The van der Waals surface area contributed by atoms with Gasteiger partial charge in [0.2, 0.25) is 20.0 Å². The van der Waals surface area contributed by atoms with Crippen molar-refractivity contribution in [3.63, 3.8) is 0 Å². The van der Waals surface area contributed by atoms with E-state index < -0.39 is 69.3 Å². The molecular formula is C62H74N6O16S2. The number of methoxy groups -OCH3 is 2. The Morgan fingerprint density at radius 1 is 0.698 bits per heavy atom. The average Bonchev–Trinajstić information content (AvgIpc) is 2.66. The molecule has 0 bridgehead atoms. The summed E-state index contributed by atoms with van der Waals surface area (Å²) < 4.78 is 94.9. The number of rotatable bonds is 15. The lowest BCUT2D eigenvalue weighted by Crippen LogP contribution is -2.57. The number of carbonyl (C=O) groups excluding carboxylic acids is 4. The summed E-state index contributed by atoms with van der Waals surface area (Å²) in [6.07, 6.45) is 7.26. The second kappa shape index (κ2) is 27.1. The zero-order valence-corrected chi connectivity index (χ0v) is 50.8. The highest BCUT2D eigenvalue weighted by Gasteiger charge is 2.48. The van der Waals surface area contributed by atoms with E-state index in [1.165, 1.54) is 59.7 Å². The van der Waals surface area contributed by atoms with Crippen LogP contribution in [0.1, 0.15) is 94.3 Å². The van der Waals surface area contributed by atoms with Crippen LogP contribution < -0.4 is 24.0 Å². The first-order chi connectivity index (χ1) is 41.3. The van der Waals surface area contributed by atoms with Crippen LogP contribution in [0.25, 0.3) is 11.1 Å². The number of aliphatic hydroxyl groups is 1. The van der Waals surface area contributed by atoms with E-state index in [4.69, 9.17) is 33.2 Å². The number of fused-ring (bicyclic) bond motifs is 4. The van der Waals surface area contributed by atoms with Gasteiger partial charge in [0.15, 0.2) is 18.7 Å². The highest BCUT2D eigenvalue weighted by atomic mass is 32.2. The van der Waals surface area contributed by atoms with Crippen LogP contribution in [0.3, 0.4) is 0 Å². The molecule has 460 valence electrons. The fraction of sp³-hybridized carbons (Fsp3) is 0.419. The summed E-state index contributed by atoms with van der Waals surface area (Å²) in [7, 11) is -1.44. The molecule has 24 heteroatoms. The van der Waals surface area contributed by atoms with Gasteiger partial charge in [-0.15, -0.1) is 0 Å². The van der Waals surface area contributed by atoms with E-state index in [1.807, 2.05) is 19.1 Å². The zero-order valence-electron chi connectivity index (χ0n) is 49.1. The van der Waals surface area contributed by atoms with E-state index in [1.54, 1.807) is 79.5 Å². The molecule has 2 saturated heterocycles. The lowest BCUT2D eigenvalue weighted by molar-refractivity contribution is -0.196. The van der Waals surface area contributed by atoms with Crippen molar-refractivity contribution in [3.8, 4) is 11.5 Å². The van der Waals surface area contributed by atoms with Crippen LogP contribution in [0.15, 0.2) is 120 Å². The monoisotopic (exact) mass is 1220 g/mol. The molecule has 0 spiro atoms. The van der Waals surface area contributed by atoms with Gasteiger partial charge in [-0.2, -0.15) is 4.31 Å². The molecule has 0 saturated carbocycles. The molecule has 6 aliphatic rings. The van der Waals surface area contributed by atoms with Crippen LogP contribution in [0.4, 0.5) is 21.0 Å². The molecule has 4 unspecified atom stereocenters. The molecule has 86 heavy (non-hydrogen) atoms. The lowest BCUT2D eigenvalue weighted by Gasteiger charge is -2.42. The van der Waals surface area contributed by atoms with Crippen molar-refractivity contribution in [3.05, 3.63) is 144 Å². The molecule has 6 atom stereocenters. The van der Waals surface area contributed by atoms with E-state index in [0.29, 0.717) is 55.2 Å². The lowest BCUT2D eigenvalue weighted by atomic mass is 9.92. The van der Waals surface area contributed by atoms with Gasteiger partial charge in [0.1, 0.15) is 30.9 Å². The quantitative estimate of drug-likeness (QED) is 0.107. The number of carbonyl (C=O) groups is 4. The first kappa shape index (κ1) is 63.1. The number of nitrogens with zero attached hydrogens (tertiary/aromatic N) is 5. The fourth-order valence-corrected chi connectivity index (χ4v) is 13.5. The van der Waals surface area contributed by atoms with E-state index in [9.17, 15) is 41.1 Å². The molecule has 6 aliphatic heterocycles. The SMILES string of the molecule is C=CCOC(=O)N1c2cc(C)c(OC)cc2C(=O)N2CC=C(c3ccc(S(=O)(=O)N(C)C4CCCCO4)cc3)C[C@H]2C1OC1CCCCO1.C=CCOC(=O)N1c2cc(C)c(OC)cc2C(=O)N2CC=C(c3ccc(S(=O)(=O)NC)cc3)C[C@H]2C1O. The summed E-state index contributed by atoms with van der Waals surface area (Å²) in [6.45, 7) is 12.2. The van der Waals surface area contributed by atoms with Crippen LogP contribution in [0.5, 0.6) is 11.5 Å². The summed E-state index contributed by atoms with van der Waals surface area (Å²) in [6, 6.07) is 18.3. The molecular weight excluding hydrogens is 1150 g/mol. The van der Waals surface area contributed by atoms with Gasteiger partial charge in [0.05, 0.1) is 58.6 Å². The molecule has 2 N–H and O–H groups in total. The number of hydrogen-bond donors (Lipinski definition) is 2. The third-order valence-corrected chi connectivity index (χ3v) is 19.5. The van der Waals surface area contributed by atoms with Gasteiger partial charge in [-0.05, 0) is 154 Å². The van der Waals surface area contributed by atoms with Crippen LogP contribution in [0, 0.1) is 13.8 Å². The molecule has 4 aromatic rings. The van der Waals surface area contributed by atoms with E-state index in [-0.39, 0.29) is 71.1 Å². The second-order valence-corrected chi connectivity index (χ2v) is 25.3. The van der Waals surface area contributed by atoms with Crippen molar-refractivity contribution in [2.75, 3.05) is 77.6 Å². The fourth-order valence-electron chi connectivity index (χ4n) is 11.5. The van der Waals surface area contributed by atoms with Crippen molar-refractivity contribution < 1.29 is 74.3 Å². The molecule has 4 amide bonds. The summed E-state index contributed by atoms with van der Waals surface area (Å²) in [5.41, 5.74) is 5.73. The normalized spacial score (nSPS) is 22.2. The number of nitrogens with one attached hydrogen (secondary N) is 1. The number of amides is 4. The Bertz CT molecular complexity index is 3510. The van der Waals surface area contributed by atoms with Gasteiger partial charge >= 0.3 is 12.2 Å². The molecule has 10 rings (SSSR count). The summed E-state index contributed by atoms with van der Waals surface area (Å²) in [5.74, 6) is 0.355. The number of benzene rings is 4. The smallest absolute Gasteiger partial charge is 0.416 e. The summed E-state index contributed by atoms with van der Waals surface area (Å²) >= 11 is 0. The predicted molar refractivity (Wildman–Crippen MR) is 320 cm³/mol. The maximum atomic E-state index is 14.3. The molecule has 0 radical (unpaired) electrons. The van der Waals surface area contributed by atoms with E-state index >= 15 is 0 Å². The maximum absolute atomic E-state index is 14.3. The van der Waals surface area contributed by atoms with Crippen LogP contribution in [0.2, 0.25) is 0 Å². The Kier molecular flexibility index (Phi) is 19.9. The molecule has 22 nitrogen and oxygen atoms in total. The Labute approximate surface area is 502 Å². The Balaban J connectivity index is 0.000000214. The third-order valence-electron chi connectivity index (χ3n) is 16.2. The minimum atomic E-state index is -3.78. The molecule has 4 aromatic carbocycles. The number of sulfonamides is 2. The number of ether oxygens (including phenoxy) is 7. The van der Waals surface area contributed by atoms with Crippen molar-refractivity contribution in [1.29, 1.82) is 0 Å². The topological polar surface area (TPSA) is 250 Å². The third kappa shape index (κ3) is 13.0. The second-order valence-electron chi connectivity index (χ2n) is 21.4. The number of aliphatic hydroxyl groups excluding tert-OH is 1. The highest BCUT2D eigenvalue weighted by molar-refractivity contribution is 7.89. The van der Waals surface area contributed by atoms with Crippen molar-refractivity contribution in [1.82, 2.24) is 18.8 Å². The van der Waals surface area contributed by atoms with Crippen LogP contribution >= 0.6 is 0 Å². The first-order valence-electron chi connectivity index (χ1n) is 28.5. The summed E-state index contributed by atoms with van der Waals surface area (Å²) in [4.78, 5) is 61.1. The average molecular weight is 1220 g/mol. The maximum Gasteiger partial charge on any atom is 0.416 e. The summed E-state index contributed by atoms with van der Waals surface area (Å²) in [5, 5.41) is 11.5. The van der Waals surface area contributed by atoms with Gasteiger partial charge in [0, 0.05) is 33.4 Å². The highest BCUT2D eigenvalue weighted by Crippen LogP contribution is 2.43. The van der Waals surface area contributed by atoms with Crippen LogP contribution in [-0.2, 0) is 43.7 Å². The van der Waals surface area contributed by atoms with Crippen molar-refractivity contribution in [2.24, 2.45) is 0 Å². The standard InChI is InChI=1S/C36H45N3O9S.C26H29N3O7S/c1-5-18-47-36(41)39-29-21-24(2)31(44-4)23-28(29)34(40)38-17-16-26(22-30(38)35(39)48-33-11-7-9-20-46-33)25-12-14-27(15-13-25)49(42,43)37(3)32-10-6-8-19-45-32;1-5-12-36-26(32)29-21-13-16(2)23(35-4)15-20(21)24(30)28-11-10-18(14-22(28)25(29)31)17-6-8-19(9-7-17)37(33,34)27-3/h5,12-16,21,23,30,32-33,35H,1,6-11,17-20,22H2,2-4H3;5-10,13,15,22,25,27,31H,1,11-12,14H2,2-4H3/t30-,32?,33?,35?;22-,25?/m00/s1. The minimum Gasteiger partial charge on any atom is -0.496 e. The largest absolute Gasteiger partial charge is 0.496 e. The Morgan fingerprint density at radius 2 is 1.19 bits per heavy atom. The van der Waals surface area contributed by atoms with Crippen molar-refractivity contribution >= 4 is 66.6 Å². The molecule has 0 aliphatic carbocycles.